The SMILES string of the molecule is COc1cncc(C(NC(=O)c2c[nH]c(=O)cc2O)C2CC(O)C2)c1. The Morgan fingerprint density at radius 3 is 2.80 bits per heavy atom. The topological polar surface area (TPSA) is 125 Å². The van der Waals surface area contributed by atoms with Crippen molar-refractivity contribution in [3.8, 4) is 11.5 Å². The van der Waals surface area contributed by atoms with Crippen molar-refractivity contribution in [2.45, 2.75) is 25.0 Å². The first-order valence-corrected chi connectivity index (χ1v) is 7.87. The number of ether oxygens (including phenoxy) is 1. The highest BCUT2D eigenvalue weighted by Gasteiger charge is 2.36. The highest BCUT2D eigenvalue weighted by Crippen LogP contribution is 2.38. The third-order valence-corrected chi connectivity index (χ3v) is 4.38. The van der Waals surface area contributed by atoms with Gasteiger partial charge in [0, 0.05) is 18.5 Å². The predicted octanol–water partition coefficient (Wildman–Crippen LogP) is 0.726. The second kappa shape index (κ2) is 6.94. The van der Waals surface area contributed by atoms with Crippen molar-refractivity contribution in [3.05, 3.63) is 52.2 Å². The minimum Gasteiger partial charge on any atom is -0.507 e. The first-order chi connectivity index (χ1) is 12.0. The summed E-state index contributed by atoms with van der Waals surface area (Å²) in [4.78, 5) is 30.2. The standard InChI is InChI=1S/C17H19N3O5/c1-25-12-4-10(6-18-7-12)16(9-2-11(21)3-9)20-17(24)13-8-19-15(23)5-14(13)22/h4-9,11,16,21H,2-3H2,1H3,(H,20,24)(H2,19,22,23). The number of rotatable bonds is 5. The fraction of sp³-hybridized carbons (Fsp3) is 0.353. The Labute approximate surface area is 143 Å². The number of methoxy groups -OCH3 is 1. The van der Waals surface area contributed by atoms with E-state index in [4.69, 9.17) is 4.74 Å². The number of aromatic nitrogens is 2. The molecule has 0 radical (unpaired) electrons. The summed E-state index contributed by atoms with van der Waals surface area (Å²) in [5.41, 5.74) is 0.221. The van der Waals surface area contributed by atoms with Gasteiger partial charge in [0.15, 0.2) is 0 Å². The van der Waals surface area contributed by atoms with Crippen LogP contribution in [-0.2, 0) is 0 Å². The molecule has 25 heavy (non-hydrogen) atoms. The molecule has 1 unspecified atom stereocenters. The molecular weight excluding hydrogens is 326 g/mol. The number of carbonyl (C=O) groups is 1. The fourth-order valence-corrected chi connectivity index (χ4v) is 2.95. The number of amides is 1. The number of aliphatic hydroxyl groups is 1. The van der Waals surface area contributed by atoms with Crippen LogP contribution in [0.3, 0.4) is 0 Å². The molecule has 1 aliphatic rings. The van der Waals surface area contributed by atoms with Gasteiger partial charge in [-0.15, -0.1) is 0 Å². The average Bonchev–Trinajstić information content (AvgIpc) is 2.57. The molecule has 132 valence electrons. The van der Waals surface area contributed by atoms with Gasteiger partial charge in [-0.3, -0.25) is 14.6 Å². The minimum atomic E-state index is -0.525. The summed E-state index contributed by atoms with van der Waals surface area (Å²) < 4.78 is 5.18. The van der Waals surface area contributed by atoms with Crippen LogP contribution in [0.2, 0.25) is 0 Å². The van der Waals surface area contributed by atoms with Gasteiger partial charge in [0.1, 0.15) is 11.5 Å². The highest BCUT2D eigenvalue weighted by molar-refractivity contribution is 5.96. The Kier molecular flexibility index (Phi) is 4.71. The number of pyridine rings is 2. The molecule has 1 fully saturated rings. The lowest BCUT2D eigenvalue weighted by Gasteiger charge is -2.38. The molecule has 1 aliphatic carbocycles. The molecule has 4 N–H and O–H groups in total. The number of nitrogens with one attached hydrogen (secondary N) is 2. The Bertz CT molecular complexity index is 829. The van der Waals surface area contributed by atoms with Gasteiger partial charge in [0.2, 0.25) is 0 Å². The number of carbonyl (C=O) groups excluding carboxylic acids is 1. The summed E-state index contributed by atoms with van der Waals surface area (Å²) in [6.07, 6.45) is 5.09. The Morgan fingerprint density at radius 1 is 1.40 bits per heavy atom. The summed E-state index contributed by atoms with van der Waals surface area (Å²) >= 11 is 0. The van der Waals surface area contributed by atoms with E-state index in [0.29, 0.717) is 18.6 Å². The van der Waals surface area contributed by atoms with Crippen LogP contribution in [0.5, 0.6) is 11.5 Å². The molecule has 0 aromatic carbocycles. The molecule has 8 nitrogen and oxygen atoms in total. The molecule has 1 atom stereocenters. The third kappa shape index (κ3) is 3.63. The number of H-pyrrole nitrogens is 1. The number of hydrogen-bond donors (Lipinski definition) is 4. The molecule has 2 heterocycles. The van der Waals surface area contributed by atoms with E-state index in [0.717, 1.165) is 11.6 Å². The van der Waals surface area contributed by atoms with E-state index in [1.807, 2.05) is 0 Å². The zero-order valence-corrected chi connectivity index (χ0v) is 13.6. The zero-order chi connectivity index (χ0) is 18.0. The lowest BCUT2D eigenvalue weighted by atomic mass is 9.75. The van der Waals surface area contributed by atoms with Crippen LogP contribution in [-0.4, -0.2) is 39.3 Å². The maximum atomic E-state index is 12.5. The maximum absolute atomic E-state index is 12.5. The summed E-state index contributed by atoms with van der Waals surface area (Å²) in [5, 5.41) is 22.3. The van der Waals surface area contributed by atoms with E-state index < -0.39 is 23.3 Å². The van der Waals surface area contributed by atoms with Crippen molar-refractivity contribution in [1.82, 2.24) is 15.3 Å². The first kappa shape index (κ1) is 17.0. The van der Waals surface area contributed by atoms with Crippen molar-refractivity contribution in [2.24, 2.45) is 5.92 Å². The summed E-state index contributed by atoms with van der Waals surface area (Å²) in [6, 6.07) is 2.32. The molecule has 3 rings (SSSR count). The van der Waals surface area contributed by atoms with Crippen molar-refractivity contribution in [3.63, 3.8) is 0 Å². The molecule has 2 aromatic heterocycles. The van der Waals surface area contributed by atoms with Crippen LogP contribution >= 0.6 is 0 Å². The molecule has 1 amide bonds. The lowest BCUT2D eigenvalue weighted by molar-refractivity contribution is 0.0234. The van der Waals surface area contributed by atoms with Crippen LogP contribution < -0.4 is 15.6 Å². The van der Waals surface area contributed by atoms with Crippen molar-refractivity contribution in [2.75, 3.05) is 7.11 Å². The largest absolute Gasteiger partial charge is 0.507 e. The Balaban J connectivity index is 1.87. The van der Waals surface area contributed by atoms with Gasteiger partial charge in [-0.25, -0.2) is 0 Å². The van der Waals surface area contributed by atoms with Gasteiger partial charge in [-0.2, -0.15) is 0 Å². The normalized spacial score (nSPS) is 20.4. The predicted molar refractivity (Wildman–Crippen MR) is 88.5 cm³/mol. The zero-order valence-electron chi connectivity index (χ0n) is 13.6. The minimum absolute atomic E-state index is 0.0275. The molecular formula is C17H19N3O5. The third-order valence-electron chi connectivity index (χ3n) is 4.38. The molecule has 0 spiro atoms. The monoisotopic (exact) mass is 345 g/mol. The quantitative estimate of drug-likeness (QED) is 0.633. The van der Waals surface area contributed by atoms with Gasteiger partial charge in [0.05, 0.1) is 31.0 Å². The smallest absolute Gasteiger partial charge is 0.257 e. The number of hydrogen-bond acceptors (Lipinski definition) is 6. The van der Waals surface area contributed by atoms with E-state index in [1.165, 1.54) is 13.3 Å². The van der Waals surface area contributed by atoms with E-state index in [1.54, 1.807) is 18.5 Å². The number of aromatic amines is 1. The Hall–Kier alpha value is -2.87. The summed E-state index contributed by atoms with van der Waals surface area (Å²) in [5.74, 6) is -0.318. The van der Waals surface area contributed by atoms with E-state index in [2.05, 4.69) is 15.3 Å². The van der Waals surface area contributed by atoms with Gasteiger partial charge in [-0.1, -0.05) is 0 Å². The van der Waals surface area contributed by atoms with Crippen molar-refractivity contribution in [1.29, 1.82) is 0 Å². The molecule has 2 aromatic rings. The van der Waals surface area contributed by atoms with Gasteiger partial charge in [0.25, 0.3) is 11.5 Å². The van der Waals surface area contributed by atoms with Crippen molar-refractivity contribution < 1.29 is 19.7 Å². The molecule has 8 heteroatoms. The molecule has 1 saturated carbocycles. The van der Waals surface area contributed by atoms with Crippen LogP contribution in [0.4, 0.5) is 0 Å². The summed E-state index contributed by atoms with van der Waals surface area (Å²) in [7, 11) is 1.53. The van der Waals surface area contributed by atoms with Crippen LogP contribution in [0.15, 0.2) is 35.5 Å². The van der Waals surface area contributed by atoms with Crippen molar-refractivity contribution >= 4 is 5.91 Å². The molecule has 0 bridgehead atoms. The highest BCUT2D eigenvalue weighted by atomic mass is 16.5. The van der Waals surface area contributed by atoms with Crippen LogP contribution in [0.25, 0.3) is 0 Å². The van der Waals surface area contributed by atoms with Gasteiger partial charge < -0.3 is 25.3 Å². The Morgan fingerprint density at radius 2 is 2.16 bits per heavy atom. The lowest BCUT2D eigenvalue weighted by Crippen LogP contribution is -2.41. The van der Waals surface area contributed by atoms with E-state index >= 15 is 0 Å². The summed E-state index contributed by atoms with van der Waals surface area (Å²) in [6.45, 7) is 0. The number of nitrogens with zero attached hydrogens (tertiary/aromatic N) is 1. The van der Waals surface area contributed by atoms with Gasteiger partial charge in [-0.05, 0) is 30.4 Å². The van der Waals surface area contributed by atoms with Crippen LogP contribution in [0.1, 0.15) is 34.8 Å². The second-order valence-corrected chi connectivity index (χ2v) is 6.09. The van der Waals surface area contributed by atoms with E-state index in [9.17, 15) is 19.8 Å². The second-order valence-electron chi connectivity index (χ2n) is 6.09. The molecule has 0 saturated heterocycles. The van der Waals surface area contributed by atoms with Gasteiger partial charge >= 0.3 is 0 Å². The maximum Gasteiger partial charge on any atom is 0.257 e. The fourth-order valence-electron chi connectivity index (χ4n) is 2.95. The average molecular weight is 345 g/mol. The number of aliphatic hydroxyl groups excluding tert-OH is 1. The number of aromatic hydroxyl groups is 1. The van der Waals surface area contributed by atoms with Crippen LogP contribution in [0, 0.1) is 5.92 Å². The molecule has 0 aliphatic heterocycles. The first-order valence-electron chi connectivity index (χ1n) is 7.87. The van der Waals surface area contributed by atoms with E-state index in [-0.39, 0.29) is 17.6 Å².